The summed E-state index contributed by atoms with van der Waals surface area (Å²) < 4.78 is 5.66. The Hall–Kier alpha value is -3.75. The van der Waals surface area contributed by atoms with Gasteiger partial charge in [-0.15, -0.1) is 0 Å². The number of nitriles is 1. The monoisotopic (exact) mass is 381 g/mol. The summed E-state index contributed by atoms with van der Waals surface area (Å²) in [6, 6.07) is 25.7. The lowest BCUT2D eigenvalue weighted by Gasteiger charge is -2.08. The first-order valence-electron chi connectivity index (χ1n) is 9.38. The number of nitrogens with zero attached hydrogens (tertiary/aromatic N) is 3. The molecule has 2 heterocycles. The van der Waals surface area contributed by atoms with Gasteiger partial charge >= 0.3 is 0 Å². The van der Waals surface area contributed by atoms with Crippen LogP contribution in [0.25, 0.3) is 22.6 Å². The summed E-state index contributed by atoms with van der Waals surface area (Å²) in [5, 5.41) is 19.4. The van der Waals surface area contributed by atoms with Crippen molar-refractivity contribution in [2.24, 2.45) is 0 Å². The Balaban J connectivity index is 1.39. The topological polar surface area (TPSA) is 82.9 Å². The standard InChI is InChI=1S/C24H19N3O2/c25-15-20-7-4-8-21(27-20)23-16-26-24(29-23)22(28)14-11-17-9-12-19(13-10-17)18-5-2-1-3-6-18/h1-10,12-13,16,22,28H,11,14H2. The van der Waals surface area contributed by atoms with Crippen LogP contribution in [0.5, 0.6) is 0 Å². The van der Waals surface area contributed by atoms with Gasteiger partial charge in [-0.05, 0) is 41.7 Å². The number of hydrogen-bond acceptors (Lipinski definition) is 5. The van der Waals surface area contributed by atoms with Crippen molar-refractivity contribution >= 4 is 0 Å². The minimum atomic E-state index is -0.809. The molecule has 5 nitrogen and oxygen atoms in total. The van der Waals surface area contributed by atoms with E-state index in [0.29, 0.717) is 30.0 Å². The van der Waals surface area contributed by atoms with Crippen LogP contribution in [0.3, 0.4) is 0 Å². The van der Waals surface area contributed by atoms with E-state index in [-0.39, 0.29) is 5.89 Å². The summed E-state index contributed by atoms with van der Waals surface area (Å²) in [6.45, 7) is 0. The molecule has 0 amide bonds. The summed E-state index contributed by atoms with van der Waals surface area (Å²) in [4.78, 5) is 8.36. The van der Waals surface area contributed by atoms with Crippen LogP contribution < -0.4 is 0 Å². The van der Waals surface area contributed by atoms with Crippen LogP contribution >= 0.6 is 0 Å². The number of rotatable bonds is 6. The second kappa shape index (κ2) is 8.51. The van der Waals surface area contributed by atoms with E-state index in [1.54, 1.807) is 18.2 Å². The maximum Gasteiger partial charge on any atom is 0.223 e. The molecule has 1 N–H and O–H groups in total. The molecular formula is C24H19N3O2. The van der Waals surface area contributed by atoms with E-state index in [1.807, 2.05) is 24.3 Å². The molecule has 1 unspecified atom stereocenters. The van der Waals surface area contributed by atoms with E-state index in [0.717, 1.165) is 5.56 Å². The molecule has 5 heteroatoms. The van der Waals surface area contributed by atoms with Crippen molar-refractivity contribution in [2.45, 2.75) is 18.9 Å². The maximum atomic E-state index is 10.4. The van der Waals surface area contributed by atoms with Crippen LogP contribution in [0.15, 0.2) is 83.4 Å². The van der Waals surface area contributed by atoms with Gasteiger partial charge in [0, 0.05) is 0 Å². The summed E-state index contributed by atoms with van der Waals surface area (Å²) >= 11 is 0. The third kappa shape index (κ3) is 4.40. The molecule has 2 aromatic carbocycles. The number of oxazole rings is 1. The number of aliphatic hydroxyl groups excluding tert-OH is 1. The van der Waals surface area contributed by atoms with Gasteiger partial charge in [0.05, 0.1) is 6.20 Å². The largest absolute Gasteiger partial charge is 0.436 e. The lowest BCUT2D eigenvalue weighted by atomic mass is 10.0. The van der Waals surface area contributed by atoms with Crippen molar-refractivity contribution in [3.8, 4) is 28.7 Å². The highest BCUT2D eigenvalue weighted by atomic mass is 16.4. The van der Waals surface area contributed by atoms with E-state index < -0.39 is 6.10 Å². The molecule has 0 aliphatic rings. The maximum absolute atomic E-state index is 10.4. The first-order chi connectivity index (χ1) is 14.2. The normalized spacial score (nSPS) is 11.7. The van der Waals surface area contributed by atoms with Gasteiger partial charge in [0.1, 0.15) is 23.6 Å². The second-order valence-electron chi connectivity index (χ2n) is 6.70. The van der Waals surface area contributed by atoms with E-state index in [1.165, 1.54) is 17.3 Å². The van der Waals surface area contributed by atoms with Crippen molar-refractivity contribution in [3.63, 3.8) is 0 Å². The van der Waals surface area contributed by atoms with Crippen molar-refractivity contribution in [1.82, 2.24) is 9.97 Å². The van der Waals surface area contributed by atoms with Crippen molar-refractivity contribution < 1.29 is 9.52 Å². The van der Waals surface area contributed by atoms with Crippen LogP contribution in [0.1, 0.15) is 29.7 Å². The van der Waals surface area contributed by atoms with Crippen LogP contribution in [-0.2, 0) is 6.42 Å². The first-order valence-corrected chi connectivity index (χ1v) is 9.38. The van der Waals surface area contributed by atoms with Gasteiger partial charge in [0.2, 0.25) is 5.89 Å². The molecule has 29 heavy (non-hydrogen) atoms. The number of aliphatic hydroxyl groups is 1. The predicted molar refractivity (Wildman–Crippen MR) is 110 cm³/mol. The lowest BCUT2D eigenvalue weighted by molar-refractivity contribution is 0.135. The number of pyridine rings is 1. The molecule has 0 saturated heterocycles. The van der Waals surface area contributed by atoms with Gasteiger partial charge < -0.3 is 9.52 Å². The van der Waals surface area contributed by atoms with E-state index in [9.17, 15) is 5.11 Å². The molecule has 0 aliphatic carbocycles. The van der Waals surface area contributed by atoms with Gasteiger partial charge in [-0.3, -0.25) is 0 Å². The summed E-state index contributed by atoms with van der Waals surface area (Å²) in [5.41, 5.74) is 4.31. The van der Waals surface area contributed by atoms with Crippen LogP contribution in [0.2, 0.25) is 0 Å². The lowest BCUT2D eigenvalue weighted by Crippen LogP contribution is -2.00. The Labute approximate surface area is 168 Å². The van der Waals surface area contributed by atoms with Gasteiger partial charge in [-0.1, -0.05) is 60.7 Å². The third-order valence-corrected chi connectivity index (χ3v) is 4.69. The minimum Gasteiger partial charge on any atom is -0.436 e. The van der Waals surface area contributed by atoms with Gasteiger partial charge in [0.25, 0.3) is 0 Å². The third-order valence-electron chi connectivity index (χ3n) is 4.69. The summed E-state index contributed by atoms with van der Waals surface area (Å²) in [6.07, 6.45) is 1.92. The van der Waals surface area contributed by atoms with Crippen molar-refractivity contribution in [2.75, 3.05) is 0 Å². The van der Waals surface area contributed by atoms with Gasteiger partial charge in [-0.25, -0.2) is 9.97 Å². The van der Waals surface area contributed by atoms with Gasteiger partial charge in [0.15, 0.2) is 5.76 Å². The second-order valence-corrected chi connectivity index (χ2v) is 6.70. The van der Waals surface area contributed by atoms with E-state index >= 15 is 0 Å². The van der Waals surface area contributed by atoms with Crippen molar-refractivity contribution in [1.29, 1.82) is 5.26 Å². The highest BCUT2D eigenvalue weighted by molar-refractivity contribution is 5.63. The SMILES string of the molecule is N#Cc1cccc(-c2cnc(C(O)CCc3ccc(-c4ccccc4)cc3)o2)n1. The molecule has 142 valence electrons. The molecule has 4 rings (SSSR count). The molecule has 0 fully saturated rings. The molecular weight excluding hydrogens is 362 g/mol. The molecule has 0 spiro atoms. The zero-order valence-electron chi connectivity index (χ0n) is 15.7. The molecule has 2 aromatic heterocycles. The van der Waals surface area contributed by atoms with E-state index in [2.05, 4.69) is 46.4 Å². The zero-order chi connectivity index (χ0) is 20.1. The first kappa shape index (κ1) is 18.6. The summed E-state index contributed by atoms with van der Waals surface area (Å²) in [5.74, 6) is 0.688. The molecule has 0 saturated carbocycles. The molecule has 0 aliphatic heterocycles. The number of aromatic nitrogens is 2. The summed E-state index contributed by atoms with van der Waals surface area (Å²) in [7, 11) is 0. The average Bonchev–Trinajstić information content (AvgIpc) is 3.29. The van der Waals surface area contributed by atoms with Crippen LogP contribution in [-0.4, -0.2) is 15.1 Å². The molecule has 0 radical (unpaired) electrons. The fourth-order valence-corrected chi connectivity index (χ4v) is 3.12. The number of benzene rings is 2. The Morgan fingerprint density at radius 1 is 0.931 bits per heavy atom. The average molecular weight is 381 g/mol. The van der Waals surface area contributed by atoms with Crippen LogP contribution in [0.4, 0.5) is 0 Å². The molecule has 0 bridgehead atoms. The smallest absolute Gasteiger partial charge is 0.223 e. The fourth-order valence-electron chi connectivity index (χ4n) is 3.12. The number of hydrogen-bond donors (Lipinski definition) is 1. The highest BCUT2D eigenvalue weighted by Gasteiger charge is 2.16. The van der Waals surface area contributed by atoms with Gasteiger partial charge in [-0.2, -0.15) is 5.26 Å². The van der Waals surface area contributed by atoms with E-state index in [4.69, 9.17) is 9.68 Å². The van der Waals surface area contributed by atoms with Crippen molar-refractivity contribution in [3.05, 3.63) is 96.1 Å². The molecule has 1 atom stereocenters. The highest BCUT2D eigenvalue weighted by Crippen LogP contribution is 2.25. The Morgan fingerprint density at radius 3 is 2.45 bits per heavy atom. The quantitative estimate of drug-likeness (QED) is 0.511. The molecule has 4 aromatic rings. The Morgan fingerprint density at radius 2 is 1.69 bits per heavy atom. The van der Waals surface area contributed by atoms with Crippen LogP contribution in [0, 0.1) is 11.3 Å². The Bertz CT molecular complexity index is 1130. The Kier molecular flexibility index (Phi) is 5.46. The fraction of sp³-hybridized carbons (Fsp3) is 0.125. The minimum absolute atomic E-state index is 0.255. The number of aryl methyl sites for hydroxylation is 1. The zero-order valence-corrected chi connectivity index (χ0v) is 15.7. The predicted octanol–water partition coefficient (Wildman–Crippen LogP) is 4.94.